The van der Waals surface area contributed by atoms with E-state index >= 15 is 0 Å². The fraction of sp³-hybridized carbons (Fsp3) is 0.111. The van der Waals surface area contributed by atoms with Crippen LogP contribution in [0.15, 0.2) is 30.6 Å². The Labute approximate surface area is 92.9 Å². The third-order valence-electron chi connectivity index (χ3n) is 1.70. The molecular weight excluding hydrogens is 228 g/mol. The smallest absolute Gasteiger partial charge is 0.174 e. The van der Waals surface area contributed by atoms with Crippen LogP contribution in [0.3, 0.4) is 0 Å². The van der Waals surface area contributed by atoms with Crippen LogP contribution in [0.25, 0.3) is 5.82 Å². The van der Waals surface area contributed by atoms with E-state index in [0.717, 1.165) is 12.0 Å². The van der Waals surface area contributed by atoms with Crippen molar-refractivity contribution in [2.75, 3.05) is 6.26 Å². The Hall–Kier alpha value is -1.76. The van der Waals surface area contributed by atoms with Gasteiger partial charge in [-0.3, -0.25) is 0 Å². The van der Waals surface area contributed by atoms with E-state index in [9.17, 15) is 8.42 Å². The van der Waals surface area contributed by atoms with E-state index in [1.165, 1.54) is 11.0 Å². The summed E-state index contributed by atoms with van der Waals surface area (Å²) in [5.41, 5.74) is 0.285. The molecule has 7 heteroatoms. The molecule has 0 unspecified atom stereocenters. The number of aromatic nitrogens is 4. The Morgan fingerprint density at radius 1 is 1.38 bits per heavy atom. The number of rotatable bonds is 3. The molecule has 0 saturated heterocycles. The molecular formula is C9H9N4O2S. The zero-order valence-corrected chi connectivity index (χ0v) is 9.29. The van der Waals surface area contributed by atoms with Crippen LogP contribution in [0.1, 0.15) is 5.69 Å². The molecule has 0 aromatic carbocycles. The molecule has 0 aliphatic carbocycles. The SMILES string of the molecule is CS(=O)(=O)[CH]c1cnn(-c2ccccn2)n1. The second kappa shape index (κ2) is 4.01. The number of pyridine rings is 1. The van der Waals surface area contributed by atoms with Gasteiger partial charge in [0.05, 0.1) is 6.20 Å². The monoisotopic (exact) mass is 237 g/mol. The summed E-state index contributed by atoms with van der Waals surface area (Å²) in [7, 11) is -3.21. The largest absolute Gasteiger partial charge is 0.236 e. The third kappa shape index (κ3) is 2.63. The maximum Gasteiger partial charge on any atom is 0.174 e. The van der Waals surface area contributed by atoms with Crippen molar-refractivity contribution >= 4 is 9.84 Å². The molecule has 16 heavy (non-hydrogen) atoms. The molecule has 0 saturated carbocycles. The Morgan fingerprint density at radius 3 is 2.81 bits per heavy atom. The van der Waals surface area contributed by atoms with E-state index in [4.69, 9.17) is 0 Å². The van der Waals surface area contributed by atoms with Gasteiger partial charge in [0, 0.05) is 12.5 Å². The van der Waals surface area contributed by atoms with Gasteiger partial charge in [-0.1, -0.05) is 6.07 Å². The molecule has 2 aromatic heterocycles. The summed E-state index contributed by atoms with van der Waals surface area (Å²) in [4.78, 5) is 5.31. The molecule has 2 heterocycles. The Balaban J connectivity index is 2.27. The summed E-state index contributed by atoms with van der Waals surface area (Å²) < 4.78 is 22.0. The molecule has 0 N–H and O–H groups in total. The molecule has 0 aliphatic rings. The lowest BCUT2D eigenvalue weighted by molar-refractivity contribution is 0.607. The van der Waals surface area contributed by atoms with Gasteiger partial charge >= 0.3 is 0 Å². The van der Waals surface area contributed by atoms with E-state index in [0.29, 0.717) is 5.82 Å². The van der Waals surface area contributed by atoms with E-state index in [-0.39, 0.29) is 5.69 Å². The lowest BCUT2D eigenvalue weighted by atomic mass is 10.5. The van der Waals surface area contributed by atoms with Crippen LogP contribution in [-0.4, -0.2) is 34.7 Å². The maximum absolute atomic E-state index is 11.0. The van der Waals surface area contributed by atoms with Gasteiger partial charge in [0.15, 0.2) is 15.7 Å². The van der Waals surface area contributed by atoms with Crippen LogP contribution in [0.2, 0.25) is 0 Å². The van der Waals surface area contributed by atoms with Crippen LogP contribution in [0, 0.1) is 5.75 Å². The van der Waals surface area contributed by atoms with Crippen LogP contribution in [0.4, 0.5) is 0 Å². The van der Waals surface area contributed by atoms with Gasteiger partial charge in [0.2, 0.25) is 0 Å². The fourth-order valence-corrected chi connectivity index (χ4v) is 1.68. The van der Waals surface area contributed by atoms with Gasteiger partial charge in [-0.25, -0.2) is 13.4 Å². The predicted octanol–water partition coefficient (Wildman–Crippen LogP) is 0.217. The first kappa shape index (κ1) is 10.7. The van der Waals surface area contributed by atoms with Crippen molar-refractivity contribution in [1.82, 2.24) is 20.0 Å². The minimum atomic E-state index is -3.21. The standard InChI is InChI=1S/C9H9N4O2S/c1-16(14,15)7-8-6-11-13(12-8)9-4-2-3-5-10-9/h2-7H,1H3. The molecule has 0 aliphatic heterocycles. The van der Waals surface area contributed by atoms with E-state index in [2.05, 4.69) is 15.2 Å². The van der Waals surface area contributed by atoms with Crippen molar-refractivity contribution in [2.45, 2.75) is 0 Å². The lowest BCUT2D eigenvalue weighted by Crippen LogP contribution is -2.03. The molecule has 2 rings (SSSR count). The van der Waals surface area contributed by atoms with Crippen LogP contribution in [0.5, 0.6) is 0 Å². The van der Waals surface area contributed by atoms with Crippen molar-refractivity contribution in [3.8, 4) is 5.82 Å². The highest BCUT2D eigenvalue weighted by atomic mass is 32.2. The number of nitrogens with zero attached hydrogens (tertiary/aromatic N) is 4. The predicted molar refractivity (Wildman–Crippen MR) is 57.4 cm³/mol. The van der Waals surface area contributed by atoms with Crippen LogP contribution < -0.4 is 0 Å². The second-order valence-electron chi connectivity index (χ2n) is 3.19. The third-order valence-corrected chi connectivity index (χ3v) is 2.37. The number of hydrogen-bond acceptors (Lipinski definition) is 5. The van der Waals surface area contributed by atoms with Gasteiger partial charge in [0.1, 0.15) is 11.4 Å². The normalized spacial score (nSPS) is 11.6. The van der Waals surface area contributed by atoms with Gasteiger partial charge < -0.3 is 0 Å². The van der Waals surface area contributed by atoms with E-state index < -0.39 is 9.84 Å². The molecule has 0 bridgehead atoms. The van der Waals surface area contributed by atoms with Gasteiger partial charge in [-0.15, -0.1) is 4.80 Å². The first-order valence-corrected chi connectivity index (χ1v) is 6.39. The highest BCUT2D eigenvalue weighted by molar-refractivity contribution is 7.92. The van der Waals surface area contributed by atoms with Crippen molar-refractivity contribution in [1.29, 1.82) is 0 Å². The maximum atomic E-state index is 11.0. The Bertz CT molecular complexity index is 577. The Morgan fingerprint density at radius 2 is 2.19 bits per heavy atom. The topological polar surface area (TPSA) is 77.7 Å². The Kier molecular flexibility index (Phi) is 2.69. The van der Waals surface area contributed by atoms with Crippen molar-refractivity contribution in [2.24, 2.45) is 0 Å². The summed E-state index contributed by atoms with van der Waals surface area (Å²) in [6, 6.07) is 5.30. The average molecular weight is 237 g/mol. The number of sulfone groups is 1. The zero-order valence-electron chi connectivity index (χ0n) is 8.48. The number of hydrogen-bond donors (Lipinski definition) is 0. The lowest BCUT2D eigenvalue weighted by Gasteiger charge is -1.95. The van der Waals surface area contributed by atoms with Crippen LogP contribution in [-0.2, 0) is 9.84 Å². The van der Waals surface area contributed by atoms with Crippen molar-refractivity contribution in [3.63, 3.8) is 0 Å². The minimum absolute atomic E-state index is 0.285. The van der Waals surface area contributed by atoms with Gasteiger partial charge in [0.25, 0.3) is 0 Å². The summed E-state index contributed by atoms with van der Waals surface area (Å²) in [6.07, 6.45) is 4.08. The van der Waals surface area contributed by atoms with Crippen molar-refractivity contribution in [3.05, 3.63) is 42.0 Å². The highest BCUT2D eigenvalue weighted by Crippen LogP contribution is 2.05. The minimum Gasteiger partial charge on any atom is -0.236 e. The van der Waals surface area contributed by atoms with E-state index in [1.807, 2.05) is 0 Å². The molecule has 0 spiro atoms. The molecule has 83 valence electrons. The summed E-state index contributed by atoms with van der Waals surface area (Å²) in [5.74, 6) is 1.59. The summed E-state index contributed by atoms with van der Waals surface area (Å²) in [5, 5.41) is 7.89. The van der Waals surface area contributed by atoms with Gasteiger partial charge in [-0.05, 0) is 12.1 Å². The van der Waals surface area contributed by atoms with Gasteiger partial charge in [-0.2, -0.15) is 10.2 Å². The average Bonchev–Trinajstić information content (AvgIpc) is 2.65. The molecule has 2 aromatic rings. The summed E-state index contributed by atoms with van der Waals surface area (Å²) >= 11 is 0. The van der Waals surface area contributed by atoms with E-state index in [1.54, 1.807) is 24.4 Å². The molecule has 6 nitrogen and oxygen atoms in total. The van der Waals surface area contributed by atoms with Crippen molar-refractivity contribution < 1.29 is 8.42 Å². The molecule has 0 atom stereocenters. The summed E-state index contributed by atoms with van der Waals surface area (Å²) in [6.45, 7) is 0. The second-order valence-corrected chi connectivity index (χ2v) is 5.09. The highest BCUT2D eigenvalue weighted by Gasteiger charge is 2.10. The fourth-order valence-electron chi connectivity index (χ4n) is 1.13. The first-order chi connectivity index (χ1) is 7.54. The molecule has 0 fully saturated rings. The quantitative estimate of drug-likeness (QED) is 0.763. The first-order valence-electron chi connectivity index (χ1n) is 4.43. The molecule has 1 radical (unpaired) electrons. The van der Waals surface area contributed by atoms with Crippen LogP contribution >= 0.6 is 0 Å². The molecule has 0 amide bonds. The zero-order chi connectivity index (χ0) is 11.6.